The predicted molar refractivity (Wildman–Crippen MR) is 92.8 cm³/mol. The number of nitrogens with zero attached hydrogens (tertiary/aromatic N) is 1. The molecule has 1 heterocycles. The smallest absolute Gasteiger partial charge is 0.252 e. The Morgan fingerprint density at radius 1 is 1.17 bits per heavy atom. The van der Waals surface area contributed by atoms with Gasteiger partial charge < -0.3 is 10.6 Å². The van der Waals surface area contributed by atoms with E-state index in [1.54, 1.807) is 6.07 Å². The van der Waals surface area contributed by atoms with E-state index in [2.05, 4.69) is 15.6 Å². The Bertz CT molecular complexity index is 709. The van der Waals surface area contributed by atoms with Crippen LogP contribution in [0.3, 0.4) is 0 Å². The molecule has 6 heteroatoms. The van der Waals surface area contributed by atoms with Crippen molar-refractivity contribution < 1.29 is 9.59 Å². The molecular weight excluding hydrogens is 310 g/mol. The minimum absolute atomic E-state index is 0.0379. The van der Waals surface area contributed by atoms with Gasteiger partial charge in [-0.05, 0) is 31.4 Å². The molecule has 0 spiro atoms. The number of nitrogens with one attached hydrogen (secondary N) is 2. The average Bonchev–Trinajstić information content (AvgIpc) is 2.89. The van der Waals surface area contributed by atoms with Gasteiger partial charge in [0.05, 0.1) is 5.69 Å². The highest BCUT2D eigenvalue weighted by Gasteiger charge is 2.25. The Hall–Kier alpha value is -2.21. The van der Waals surface area contributed by atoms with Crippen LogP contribution in [0.15, 0.2) is 29.6 Å². The van der Waals surface area contributed by atoms with Gasteiger partial charge in [-0.25, -0.2) is 4.98 Å². The van der Waals surface area contributed by atoms with E-state index in [1.165, 1.54) is 11.3 Å². The van der Waals surface area contributed by atoms with Crippen molar-refractivity contribution in [2.45, 2.75) is 33.7 Å². The maximum atomic E-state index is 12.5. The number of aryl methyl sites for hydroxylation is 2. The molecule has 2 rings (SSSR count). The Balaban J connectivity index is 2.10. The van der Waals surface area contributed by atoms with E-state index >= 15 is 0 Å². The number of hydrogen-bond acceptors (Lipinski definition) is 4. The molecule has 122 valence electrons. The lowest BCUT2D eigenvalue weighted by atomic mass is 10.0. The van der Waals surface area contributed by atoms with Crippen molar-refractivity contribution in [2.75, 3.05) is 5.32 Å². The number of hydrogen-bond donors (Lipinski definition) is 2. The third-order valence-corrected chi connectivity index (χ3v) is 4.35. The van der Waals surface area contributed by atoms with Crippen LogP contribution < -0.4 is 10.6 Å². The predicted octanol–water partition coefficient (Wildman–Crippen LogP) is 3.15. The lowest BCUT2D eigenvalue weighted by Gasteiger charge is -2.21. The molecule has 0 bridgehead atoms. The lowest BCUT2D eigenvalue weighted by Crippen LogP contribution is -2.47. The fourth-order valence-corrected chi connectivity index (χ4v) is 2.87. The molecule has 1 atom stereocenters. The highest BCUT2D eigenvalue weighted by atomic mass is 32.1. The first-order valence-electron chi connectivity index (χ1n) is 7.48. The molecule has 0 aliphatic carbocycles. The van der Waals surface area contributed by atoms with Crippen LogP contribution in [0.1, 0.15) is 35.5 Å². The molecular formula is C17H21N3O2S. The third-order valence-electron chi connectivity index (χ3n) is 3.47. The first-order valence-corrected chi connectivity index (χ1v) is 8.36. The van der Waals surface area contributed by atoms with Crippen molar-refractivity contribution in [1.82, 2.24) is 10.3 Å². The first-order chi connectivity index (χ1) is 10.9. The molecule has 2 amide bonds. The van der Waals surface area contributed by atoms with Crippen molar-refractivity contribution in [1.29, 1.82) is 0 Å². The molecule has 5 nitrogen and oxygen atoms in total. The molecule has 0 aliphatic rings. The van der Waals surface area contributed by atoms with E-state index in [9.17, 15) is 9.59 Å². The Morgan fingerprint density at radius 2 is 1.87 bits per heavy atom. The number of amides is 2. The molecule has 0 saturated heterocycles. The molecule has 1 aromatic carbocycles. The summed E-state index contributed by atoms with van der Waals surface area (Å²) in [5.74, 6) is -0.535. The standard InChI is InChI=1S/C17H21N3O2S/c1-10(2)14(16(22)20-17-18-12(4)9-23-17)19-15(21)13-8-6-5-7-11(13)3/h5-10,14H,1-4H3,(H,19,21)(H,18,20,22). The zero-order valence-electron chi connectivity index (χ0n) is 13.7. The second-order valence-corrected chi connectivity index (χ2v) is 6.65. The quantitative estimate of drug-likeness (QED) is 0.884. The molecule has 2 aromatic rings. The van der Waals surface area contributed by atoms with E-state index in [4.69, 9.17) is 0 Å². The van der Waals surface area contributed by atoms with Crippen molar-refractivity contribution in [2.24, 2.45) is 5.92 Å². The monoisotopic (exact) mass is 331 g/mol. The van der Waals surface area contributed by atoms with Crippen LogP contribution in [0.25, 0.3) is 0 Å². The molecule has 2 N–H and O–H groups in total. The summed E-state index contributed by atoms with van der Waals surface area (Å²) >= 11 is 1.37. The van der Waals surface area contributed by atoms with E-state index in [1.807, 2.05) is 51.3 Å². The highest BCUT2D eigenvalue weighted by molar-refractivity contribution is 7.13. The van der Waals surface area contributed by atoms with Gasteiger partial charge in [0.1, 0.15) is 6.04 Å². The van der Waals surface area contributed by atoms with Gasteiger partial charge in [0.25, 0.3) is 5.91 Å². The van der Waals surface area contributed by atoms with Gasteiger partial charge in [0, 0.05) is 10.9 Å². The van der Waals surface area contributed by atoms with Crippen LogP contribution in [0, 0.1) is 19.8 Å². The van der Waals surface area contributed by atoms with Gasteiger partial charge in [0.2, 0.25) is 5.91 Å². The Labute approximate surface area is 140 Å². The number of anilines is 1. The fraction of sp³-hybridized carbons (Fsp3) is 0.353. The van der Waals surface area contributed by atoms with Crippen molar-refractivity contribution >= 4 is 28.3 Å². The van der Waals surface area contributed by atoms with Gasteiger partial charge in [-0.1, -0.05) is 32.0 Å². The zero-order valence-corrected chi connectivity index (χ0v) is 14.5. The maximum absolute atomic E-state index is 12.5. The number of benzene rings is 1. The van der Waals surface area contributed by atoms with Crippen LogP contribution in [0.2, 0.25) is 0 Å². The molecule has 0 saturated carbocycles. The molecule has 1 aromatic heterocycles. The molecule has 23 heavy (non-hydrogen) atoms. The third kappa shape index (κ3) is 4.39. The van der Waals surface area contributed by atoms with Crippen LogP contribution in [-0.2, 0) is 4.79 Å². The summed E-state index contributed by atoms with van der Waals surface area (Å²) < 4.78 is 0. The summed E-state index contributed by atoms with van der Waals surface area (Å²) in [7, 11) is 0. The molecule has 1 unspecified atom stereocenters. The van der Waals surface area contributed by atoms with Gasteiger partial charge in [-0.3, -0.25) is 9.59 Å². The normalized spacial score (nSPS) is 12.0. The topological polar surface area (TPSA) is 71.1 Å². The second kappa shape index (κ2) is 7.37. The first kappa shape index (κ1) is 17.1. The van der Waals surface area contributed by atoms with E-state index in [-0.39, 0.29) is 17.7 Å². The maximum Gasteiger partial charge on any atom is 0.252 e. The van der Waals surface area contributed by atoms with Crippen LogP contribution in [0.4, 0.5) is 5.13 Å². The lowest BCUT2D eigenvalue weighted by molar-refractivity contribution is -0.118. The average molecular weight is 331 g/mol. The molecule has 0 fully saturated rings. The number of rotatable bonds is 5. The Kier molecular flexibility index (Phi) is 5.50. The van der Waals surface area contributed by atoms with E-state index in [0.29, 0.717) is 10.7 Å². The van der Waals surface area contributed by atoms with Crippen LogP contribution in [0.5, 0.6) is 0 Å². The summed E-state index contributed by atoms with van der Waals surface area (Å²) in [6.07, 6.45) is 0. The SMILES string of the molecule is Cc1csc(NC(=O)C(NC(=O)c2ccccc2C)C(C)C)n1. The molecule has 0 radical (unpaired) electrons. The highest BCUT2D eigenvalue weighted by Crippen LogP contribution is 2.16. The van der Waals surface area contributed by atoms with Crippen LogP contribution >= 0.6 is 11.3 Å². The minimum Gasteiger partial charge on any atom is -0.340 e. The number of thiazole rings is 1. The summed E-state index contributed by atoms with van der Waals surface area (Å²) in [4.78, 5) is 29.1. The zero-order chi connectivity index (χ0) is 17.0. The van der Waals surface area contributed by atoms with E-state index < -0.39 is 6.04 Å². The van der Waals surface area contributed by atoms with Crippen molar-refractivity contribution in [3.05, 3.63) is 46.5 Å². The van der Waals surface area contributed by atoms with Gasteiger partial charge in [0.15, 0.2) is 5.13 Å². The van der Waals surface area contributed by atoms with Crippen LogP contribution in [-0.4, -0.2) is 22.8 Å². The second-order valence-electron chi connectivity index (χ2n) is 5.79. The molecule has 0 aliphatic heterocycles. The number of carbonyl (C=O) groups excluding carboxylic acids is 2. The summed E-state index contributed by atoms with van der Waals surface area (Å²) in [6, 6.07) is 6.70. The van der Waals surface area contributed by atoms with Gasteiger partial charge in [-0.15, -0.1) is 11.3 Å². The summed E-state index contributed by atoms with van der Waals surface area (Å²) in [6.45, 7) is 7.54. The minimum atomic E-state index is -0.619. The van der Waals surface area contributed by atoms with E-state index in [0.717, 1.165) is 11.3 Å². The number of carbonyl (C=O) groups is 2. The van der Waals surface area contributed by atoms with Crippen molar-refractivity contribution in [3.63, 3.8) is 0 Å². The van der Waals surface area contributed by atoms with Gasteiger partial charge in [-0.2, -0.15) is 0 Å². The summed E-state index contributed by atoms with van der Waals surface area (Å²) in [5, 5.41) is 8.01. The summed E-state index contributed by atoms with van der Waals surface area (Å²) in [5.41, 5.74) is 2.31. The van der Waals surface area contributed by atoms with Crippen molar-refractivity contribution in [3.8, 4) is 0 Å². The number of aromatic nitrogens is 1. The largest absolute Gasteiger partial charge is 0.340 e. The van der Waals surface area contributed by atoms with Gasteiger partial charge >= 0.3 is 0 Å². The Morgan fingerprint density at radius 3 is 2.43 bits per heavy atom. The fourth-order valence-electron chi connectivity index (χ4n) is 2.18.